The van der Waals surface area contributed by atoms with Crippen LogP contribution >= 0.6 is 11.6 Å². The molecular weight excluding hydrogens is 224 g/mol. The number of nitrogens with zero attached hydrogens (tertiary/aromatic N) is 2. The van der Waals surface area contributed by atoms with Crippen molar-refractivity contribution in [3.8, 4) is 0 Å². The van der Waals surface area contributed by atoms with E-state index in [0.29, 0.717) is 5.02 Å². The van der Waals surface area contributed by atoms with Gasteiger partial charge in [-0.25, -0.2) is 0 Å². The minimum absolute atomic E-state index is 0.238. The topological polar surface area (TPSA) is 54.2 Å². The normalized spacial score (nSPS) is 13.1. The summed E-state index contributed by atoms with van der Waals surface area (Å²) in [7, 11) is 4.10. The predicted molar refractivity (Wildman–Crippen MR) is 67.2 cm³/mol. The smallest absolute Gasteiger partial charge is 0.0621 e. The zero-order valence-corrected chi connectivity index (χ0v) is 10.5. The monoisotopic (exact) mass is 242 g/mol. The second kappa shape index (κ2) is 6.81. The van der Waals surface area contributed by atoms with Gasteiger partial charge >= 0.3 is 0 Å². The third-order valence-electron chi connectivity index (χ3n) is 2.48. The summed E-state index contributed by atoms with van der Waals surface area (Å²) in [6, 6.07) is 2.17. The minimum atomic E-state index is 0.238. The maximum absolute atomic E-state index is 6.05. The Kier molecular flexibility index (Phi) is 5.69. The van der Waals surface area contributed by atoms with Gasteiger partial charge in [-0.2, -0.15) is 0 Å². The minimum Gasteiger partial charge on any atom is -0.309 e. The van der Waals surface area contributed by atoms with Crippen LogP contribution in [0.25, 0.3) is 0 Å². The number of nitrogens with one attached hydrogen (secondary N) is 1. The maximum Gasteiger partial charge on any atom is 0.0621 e. The molecule has 3 N–H and O–H groups in total. The molecule has 0 fully saturated rings. The Morgan fingerprint density at radius 2 is 2.31 bits per heavy atom. The molecule has 1 heterocycles. The number of nitrogens with two attached hydrogens (primary N) is 1. The molecule has 0 radical (unpaired) electrons. The first-order valence-corrected chi connectivity index (χ1v) is 5.70. The van der Waals surface area contributed by atoms with Crippen molar-refractivity contribution in [2.45, 2.75) is 18.9 Å². The fraction of sp³-hybridized carbons (Fsp3) is 0.545. The highest BCUT2D eigenvalue weighted by molar-refractivity contribution is 6.31. The number of rotatable bonds is 6. The summed E-state index contributed by atoms with van der Waals surface area (Å²) >= 11 is 6.05. The van der Waals surface area contributed by atoms with Gasteiger partial charge in [-0.05, 0) is 45.1 Å². The Morgan fingerprint density at radius 3 is 2.88 bits per heavy atom. The first-order chi connectivity index (χ1) is 7.63. The van der Waals surface area contributed by atoms with Crippen molar-refractivity contribution in [2.75, 3.05) is 20.6 Å². The molecule has 0 aliphatic carbocycles. The third kappa shape index (κ3) is 4.45. The van der Waals surface area contributed by atoms with Crippen LogP contribution in [-0.4, -0.2) is 36.6 Å². The lowest BCUT2D eigenvalue weighted by molar-refractivity contribution is 0.358. The first kappa shape index (κ1) is 13.4. The van der Waals surface area contributed by atoms with Crippen LogP contribution in [0.3, 0.4) is 0 Å². The fourth-order valence-corrected chi connectivity index (χ4v) is 1.69. The van der Waals surface area contributed by atoms with Crippen molar-refractivity contribution in [1.29, 1.82) is 0 Å². The van der Waals surface area contributed by atoms with Gasteiger partial charge in [0, 0.05) is 18.4 Å². The zero-order chi connectivity index (χ0) is 12.0. The van der Waals surface area contributed by atoms with Crippen molar-refractivity contribution in [1.82, 2.24) is 15.3 Å². The fourth-order valence-electron chi connectivity index (χ4n) is 1.49. The Balaban J connectivity index is 2.53. The summed E-state index contributed by atoms with van der Waals surface area (Å²) in [5, 5.41) is 0.701. The van der Waals surface area contributed by atoms with Crippen molar-refractivity contribution in [3.05, 3.63) is 29.0 Å². The lowest BCUT2D eigenvalue weighted by atomic mass is 10.0. The molecule has 0 aliphatic rings. The molecule has 16 heavy (non-hydrogen) atoms. The molecular formula is C11H19ClN4. The predicted octanol–water partition coefficient (Wildman–Crippen LogP) is 1.06. The van der Waals surface area contributed by atoms with E-state index in [0.717, 1.165) is 24.9 Å². The van der Waals surface area contributed by atoms with Crippen LogP contribution in [-0.2, 0) is 6.42 Å². The van der Waals surface area contributed by atoms with E-state index < -0.39 is 0 Å². The molecule has 0 amide bonds. The number of aromatic nitrogens is 1. The lowest BCUT2D eigenvalue weighted by Crippen LogP contribution is -2.38. The molecule has 0 spiro atoms. The van der Waals surface area contributed by atoms with E-state index in [2.05, 4.69) is 15.3 Å². The zero-order valence-electron chi connectivity index (χ0n) is 9.78. The Hall–Kier alpha value is -0.680. The summed E-state index contributed by atoms with van der Waals surface area (Å²) in [5.74, 6) is 5.53. The van der Waals surface area contributed by atoms with Gasteiger partial charge < -0.3 is 4.90 Å². The van der Waals surface area contributed by atoms with Crippen molar-refractivity contribution >= 4 is 11.6 Å². The molecule has 90 valence electrons. The van der Waals surface area contributed by atoms with Crippen LogP contribution in [0.2, 0.25) is 5.02 Å². The first-order valence-electron chi connectivity index (χ1n) is 5.32. The highest BCUT2D eigenvalue weighted by Gasteiger charge is 2.10. The second-order valence-electron chi connectivity index (χ2n) is 4.13. The van der Waals surface area contributed by atoms with Gasteiger partial charge in [0.2, 0.25) is 0 Å². The highest BCUT2D eigenvalue weighted by Crippen LogP contribution is 2.16. The molecule has 1 rings (SSSR count). The molecule has 0 aliphatic heterocycles. The number of hydrogen-bond donors (Lipinski definition) is 2. The van der Waals surface area contributed by atoms with Gasteiger partial charge in [0.15, 0.2) is 0 Å². The van der Waals surface area contributed by atoms with E-state index in [1.54, 1.807) is 12.4 Å². The summed E-state index contributed by atoms with van der Waals surface area (Å²) in [6.45, 7) is 0.998. The van der Waals surface area contributed by atoms with Crippen LogP contribution in [0.1, 0.15) is 12.0 Å². The Labute approximate surface area is 102 Å². The summed E-state index contributed by atoms with van der Waals surface area (Å²) in [4.78, 5) is 6.10. The molecule has 1 unspecified atom stereocenters. The van der Waals surface area contributed by atoms with E-state index >= 15 is 0 Å². The van der Waals surface area contributed by atoms with Crippen molar-refractivity contribution < 1.29 is 0 Å². The van der Waals surface area contributed by atoms with Crippen molar-refractivity contribution in [2.24, 2.45) is 5.84 Å². The van der Waals surface area contributed by atoms with Gasteiger partial charge in [-0.15, -0.1) is 0 Å². The maximum atomic E-state index is 6.05. The Morgan fingerprint density at radius 1 is 1.56 bits per heavy atom. The molecule has 1 atom stereocenters. The Bertz CT molecular complexity index is 317. The van der Waals surface area contributed by atoms with E-state index in [1.165, 1.54) is 0 Å². The van der Waals surface area contributed by atoms with Gasteiger partial charge in [-0.3, -0.25) is 16.3 Å². The van der Waals surface area contributed by atoms with Crippen LogP contribution in [0.15, 0.2) is 18.5 Å². The molecule has 4 nitrogen and oxygen atoms in total. The second-order valence-corrected chi connectivity index (χ2v) is 4.53. The molecule has 5 heteroatoms. The number of halogens is 1. The van der Waals surface area contributed by atoms with Crippen molar-refractivity contribution in [3.63, 3.8) is 0 Å². The van der Waals surface area contributed by atoms with Crippen LogP contribution < -0.4 is 11.3 Å². The molecule has 1 aromatic heterocycles. The van der Waals surface area contributed by atoms with Gasteiger partial charge in [0.05, 0.1) is 5.02 Å². The SMILES string of the molecule is CN(C)CCC(Cc1ccncc1Cl)NN. The van der Waals surface area contributed by atoms with E-state index in [4.69, 9.17) is 17.4 Å². The molecule has 0 saturated carbocycles. The molecule has 0 aromatic carbocycles. The van der Waals surface area contributed by atoms with Gasteiger partial charge in [-0.1, -0.05) is 11.6 Å². The third-order valence-corrected chi connectivity index (χ3v) is 2.82. The van der Waals surface area contributed by atoms with Gasteiger partial charge in [0.25, 0.3) is 0 Å². The van der Waals surface area contributed by atoms with E-state index in [-0.39, 0.29) is 6.04 Å². The van der Waals surface area contributed by atoms with Crippen LogP contribution in [0, 0.1) is 0 Å². The standard InChI is InChI=1S/C11H19ClN4/c1-16(2)6-4-10(15-13)7-9-3-5-14-8-11(9)12/h3,5,8,10,15H,4,6-7,13H2,1-2H3. The number of pyridine rings is 1. The molecule has 0 saturated heterocycles. The van der Waals surface area contributed by atoms with Crippen LogP contribution in [0.5, 0.6) is 0 Å². The van der Waals surface area contributed by atoms with Gasteiger partial charge in [0.1, 0.15) is 0 Å². The quantitative estimate of drug-likeness (QED) is 0.579. The average Bonchev–Trinajstić information content (AvgIpc) is 2.26. The average molecular weight is 243 g/mol. The summed E-state index contributed by atoms with van der Waals surface area (Å²) in [5.41, 5.74) is 3.91. The highest BCUT2D eigenvalue weighted by atomic mass is 35.5. The summed E-state index contributed by atoms with van der Waals surface area (Å²) < 4.78 is 0. The van der Waals surface area contributed by atoms with E-state index in [1.807, 2.05) is 20.2 Å². The number of hydrazine groups is 1. The molecule has 1 aromatic rings. The van der Waals surface area contributed by atoms with Crippen LogP contribution in [0.4, 0.5) is 0 Å². The summed E-state index contributed by atoms with van der Waals surface area (Å²) in [6.07, 6.45) is 5.23. The lowest BCUT2D eigenvalue weighted by Gasteiger charge is -2.18. The molecule has 0 bridgehead atoms. The van der Waals surface area contributed by atoms with E-state index in [9.17, 15) is 0 Å². The number of hydrogen-bond acceptors (Lipinski definition) is 4. The largest absolute Gasteiger partial charge is 0.309 e.